The molecule has 1 rings (SSSR count). The summed E-state index contributed by atoms with van der Waals surface area (Å²) >= 11 is 0. The molecule has 0 aliphatic rings. The van der Waals surface area contributed by atoms with Gasteiger partial charge in [0.2, 0.25) is 5.91 Å². The van der Waals surface area contributed by atoms with Crippen LogP contribution in [0.25, 0.3) is 0 Å². The molecule has 1 aromatic rings. The van der Waals surface area contributed by atoms with Gasteiger partial charge in [0.1, 0.15) is 12.4 Å². The molecule has 130 valence electrons. The first-order chi connectivity index (χ1) is 10.6. The van der Waals surface area contributed by atoms with Crippen molar-refractivity contribution in [2.75, 3.05) is 24.9 Å². The number of hydrogen-bond acceptors (Lipinski definition) is 3. The zero-order valence-electron chi connectivity index (χ0n) is 14.1. The van der Waals surface area contributed by atoms with Gasteiger partial charge in [-0.3, -0.25) is 4.79 Å². The van der Waals surface area contributed by atoms with Crippen LogP contribution in [-0.2, 0) is 15.0 Å². The van der Waals surface area contributed by atoms with Crippen LogP contribution in [0, 0.1) is 11.7 Å². The summed E-state index contributed by atoms with van der Waals surface area (Å²) in [6, 6.07) is 4.88. The van der Waals surface area contributed by atoms with Crippen LogP contribution in [0.5, 0.6) is 0 Å². The average molecular weight is 345 g/mol. The SMILES string of the molecule is CC(C)[C@H](C)NC(=O)CN(c1ccc(F)cc1)S(=O)(=O)N(C)C. The minimum atomic E-state index is -3.87. The Hall–Kier alpha value is -1.67. The maximum Gasteiger partial charge on any atom is 0.304 e. The van der Waals surface area contributed by atoms with Crippen molar-refractivity contribution in [3.05, 3.63) is 30.1 Å². The van der Waals surface area contributed by atoms with Crippen molar-refractivity contribution in [2.45, 2.75) is 26.8 Å². The molecule has 0 bridgehead atoms. The molecule has 0 spiro atoms. The fourth-order valence-electron chi connectivity index (χ4n) is 1.71. The number of hydrogen-bond donors (Lipinski definition) is 1. The summed E-state index contributed by atoms with van der Waals surface area (Å²) in [4.78, 5) is 12.2. The summed E-state index contributed by atoms with van der Waals surface area (Å²) in [5.41, 5.74) is 0.229. The van der Waals surface area contributed by atoms with Crippen LogP contribution in [0.2, 0.25) is 0 Å². The molecule has 1 atom stereocenters. The highest BCUT2D eigenvalue weighted by Crippen LogP contribution is 2.19. The van der Waals surface area contributed by atoms with Crippen molar-refractivity contribution < 1.29 is 17.6 Å². The molecule has 0 aliphatic carbocycles. The molecule has 0 aliphatic heterocycles. The highest BCUT2D eigenvalue weighted by Gasteiger charge is 2.27. The Morgan fingerprint density at radius 3 is 2.13 bits per heavy atom. The predicted molar refractivity (Wildman–Crippen MR) is 88.8 cm³/mol. The molecule has 0 radical (unpaired) electrons. The summed E-state index contributed by atoms with van der Waals surface area (Å²) < 4.78 is 39.9. The van der Waals surface area contributed by atoms with E-state index in [1.54, 1.807) is 0 Å². The third-order valence-corrected chi connectivity index (χ3v) is 5.35. The Morgan fingerprint density at radius 2 is 1.70 bits per heavy atom. The topological polar surface area (TPSA) is 69.7 Å². The van der Waals surface area contributed by atoms with E-state index in [-0.39, 0.29) is 24.2 Å². The zero-order chi connectivity index (χ0) is 17.8. The van der Waals surface area contributed by atoms with E-state index in [2.05, 4.69) is 5.32 Å². The number of halogens is 1. The smallest absolute Gasteiger partial charge is 0.304 e. The quantitative estimate of drug-likeness (QED) is 0.816. The normalized spacial score (nSPS) is 13.2. The van der Waals surface area contributed by atoms with Gasteiger partial charge in [-0.25, -0.2) is 8.70 Å². The first-order valence-electron chi connectivity index (χ1n) is 7.30. The number of anilines is 1. The molecule has 23 heavy (non-hydrogen) atoms. The lowest BCUT2D eigenvalue weighted by Crippen LogP contribution is -2.48. The summed E-state index contributed by atoms with van der Waals surface area (Å²) in [5, 5.41) is 2.76. The number of nitrogens with one attached hydrogen (secondary N) is 1. The van der Waals surface area contributed by atoms with Gasteiger partial charge in [-0.15, -0.1) is 0 Å². The van der Waals surface area contributed by atoms with Gasteiger partial charge < -0.3 is 5.32 Å². The lowest BCUT2D eigenvalue weighted by Gasteiger charge is -2.28. The second-order valence-corrected chi connectivity index (χ2v) is 7.94. The summed E-state index contributed by atoms with van der Waals surface area (Å²) in [5.74, 6) is -0.668. The molecule has 0 aromatic heterocycles. The van der Waals surface area contributed by atoms with Crippen molar-refractivity contribution in [1.29, 1.82) is 0 Å². The van der Waals surface area contributed by atoms with E-state index in [0.29, 0.717) is 0 Å². The van der Waals surface area contributed by atoms with Crippen LogP contribution < -0.4 is 9.62 Å². The number of carbonyl (C=O) groups excluding carboxylic acids is 1. The van der Waals surface area contributed by atoms with Gasteiger partial charge in [0, 0.05) is 20.1 Å². The third kappa shape index (κ3) is 5.18. The van der Waals surface area contributed by atoms with Crippen LogP contribution in [0.1, 0.15) is 20.8 Å². The number of rotatable bonds is 7. The van der Waals surface area contributed by atoms with Crippen molar-refractivity contribution >= 4 is 21.8 Å². The minimum absolute atomic E-state index is 0.0837. The Labute approximate surface area is 137 Å². The van der Waals surface area contributed by atoms with E-state index < -0.39 is 21.9 Å². The van der Waals surface area contributed by atoms with E-state index in [4.69, 9.17) is 0 Å². The first kappa shape index (κ1) is 19.4. The Kier molecular flexibility index (Phi) is 6.52. The van der Waals surface area contributed by atoms with Crippen LogP contribution in [0.4, 0.5) is 10.1 Å². The molecule has 6 nitrogen and oxygen atoms in total. The first-order valence-corrected chi connectivity index (χ1v) is 8.70. The van der Waals surface area contributed by atoms with Crippen molar-refractivity contribution in [3.63, 3.8) is 0 Å². The fraction of sp³-hybridized carbons (Fsp3) is 0.533. The highest BCUT2D eigenvalue weighted by molar-refractivity contribution is 7.90. The van der Waals surface area contributed by atoms with Crippen molar-refractivity contribution in [1.82, 2.24) is 9.62 Å². The third-order valence-electron chi connectivity index (χ3n) is 3.53. The molecule has 0 saturated carbocycles. The van der Waals surface area contributed by atoms with Crippen LogP contribution in [0.15, 0.2) is 24.3 Å². The molecule has 1 aromatic carbocycles. The molecule has 1 amide bonds. The molecule has 0 unspecified atom stereocenters. The molecule has 1 N–H and O–H groups in total. The van der Waals surface area contributed by atoms with E-state index in [0.717, 1.165) is 20.7 Å². The maximum absolute atomic E-state index is 13.1. The molecular formula is C15H24FN3O3S. The van der Waals surface area contributed by atoms with Crippen LogP contribution in [0.3, 0.4) is 0 Å². The lowest BCUT2D eigenvalue weighted by atomic mass is 10.1. The van der Waals surface area contributed by atoms with Crippen LogP contribution in [-0.4, -0.2) is 45.3 Å². The average Bonchev–Trinajstić information content (AvgIpc) is 2.45. The maximum atomic E-state index is 13.1. The van der Waals surface area contributed by atoms with E-state index >= 15 is 0 Å². The van der Waals surface area contributed by atoms with E-state index in [9.17, 15) is 17.6 Å². The molecule has 0 heterocycles. The molecule has 0 fully saturated rings. The van der Waals surface area contributed by atoms with Gasteiger partial charge in [-0.05, 0) is 37.1 Å². The Morgan fingerprint density at radius 1 is 1.17 bits per heavy atom. The standard InChI is InChI=1S/C15H24FN3O3S/c1-11(2)12(3)17-15(20)10-19(23(21,22)18(4)5)14-8-6-13(16)7-9-14/h6-9,11-12H,10H2,1-5H3,(H,17,20)/t12-/m0/s1. The van der Waals surface area contributed by atoms with Gasteiger partial charge >= 0.3 is 10.2 Å². The van der Waals surface area contributed by atoms with Gasteiger partial charge in [-0.2, -0.15) is 12.7 Å². The lowest BCUT2D eigenvalue weighted by molar-refractivity contribution is -0.120. The zero-order valence-corrected chi connectivity index (χ0v) is 14.9. The molecular weight excluding hydrogens is 321 g/mol. The number of amides is 1. The second-order valence-electron chi connectivity index (χ2n) is 5.87. The number of benzene rings is 1. The highest BCUT2D eigenvalue weighted by atomic mass is 32.2. The van der Waals surface area contributed by atoms with Gasteiger partial charge in [0.15, 0.2) is 0 Å². The van der Waals surface area contributed by atoms with Gasteiger partial charge in [0.25, 0.3) is 0 Å². The van der Waals surface area contributed by atoms with E-state index in [1.165, 1.54) is 26.2 Å². The summed E-state index contributed by atoms with van der Waals surface area (Å²) in [6.07, 6.45) is 0. The molecule has 8 heteroatoms. The predicted octanol–water partition coefficient (Wildman–Crippen LogP) is 1.60. The monoisotopic (exact) mass is 345 g/mol. The van der Waals surface area contributed by atoms with Gasteiger partial charge in [-0.1, -0.05) is 13.8 Å². The number of carbonyl (C=O) groups is 1. The van der Waals surface area contributed by atoms with Crippen LogP contribution >= 0.6 is 0 Å². The second kappa shape index (κ2) is 7.74. The minimum Gasteiger partial charge on any atom is -0.352 e. The molecule has 0 saturated heterocycles. The van der Waals surface area contributed by atoms with Crippen molar-refractivity contribution in [3.8, 4) is 0 Å². The Bertz CT molecular complexity index is 630. The van der Waals surface area contributed by atoms with E-state index in [1.807, 2.05) is 20.8 Å². The summed E-state index contributed by atoms with van der Waals surface area (Å²) in [7, 11) is -1.12. The fourth-order valence-corrected chi connectivity index (χ4v) is 2.77. The van der Waals surface area contributed by atoms with Crippen molar-refractivity contribution in [2.24, 2.45) is 5.92 Å². The number of nitrogens with zero attached hydrogens (tertiary/aromatic N) is 2. The largest absolute Gasteiger partial charge is 0.352 e. The van der Waals surface area contributed by atoms with Gasteiger partial charge in [0.05, 0.1) is 5.69 Å². The Balaban J connectivity index is 3.06. The summed E-state index contributed by atoms with van der Waals surface area (Å²) in [6.45, 7) is 5.40.